The third-order valence-electron chi connectivity index (χ3n) is 3.94. The van der Waals surface area contributed by atoms with Gasteiger partial charge >= 0.3 is 0 Å². The summed E-state index contributed by atoms with van der Waals surface area (Å²) in [6.45, 7) is 3.87. The van der Waals surface area contributed by atoms with Gasteiger partial charge in [-0.15, -0.1) is 10.2 Å². The molecule has 25 heavy (non-hydrogen) atoms. The van der Waals surface area contributed by atoms with Gasteiger partial charge in [0, 0.05) is 18.7 Å². The van der Waals surface area contributed by atoms with E-state index in [0.717, 1.165) is 25.0 Å². The molecule has 134 valence electrons. The zero-order valence-corrected chi connectivity index (χ0v) is 14.9. The highest BCUT2D eigenvalue weighted by molar-refractivity contribution is 7.99. The molecular weight excluding hydrogens is 343 g/mol. The minimum Gasteiger partial charge on any atom is -0.376 e. The van der Waals surface area contributed by atoms with E-state index in [1.54, 1.807) is 12.1 Å². The zero-order chi connectivity index (χ0) is 17.6. The van der Waals surface area contributed by atoms with Gasteiger partial charge in [-0.1, -0.05) is 11.8 Å². The van der Waals surface area contributed by atoms with Gasteiger partial charge in [-0.3, -0.25) is 9.36 Å². The highest BCUT2D eigenvalue weighted by Gasteiger charge is 2.22. The molecule has 1 unspecified atom stereocenters. The second-order valence-corrected chi connectivity index (χ2v) is 6.74. The lowest BCUT2D eigenvalue weighted by Crippen LogP contribution is -2.24. The van der Waals surface area contributed by atoms with E-state index in [4.69, 9.17) is 4.74 Å². The molecule has 8 heteroatoms. The van der Waals surface area contributed by atoms with Crippen LogP contribution in [0.5, 0.6) is 0 Å². The van der Waals surface area contributed by atoms with Crippen molar-refractivity contribution >= 4 is 17.7 Å². The predicted octanol–water partition coefficient (Wildman–Crippen LogP) is 2.49. The summed E-state index contributed by atoms with van der Waals surface area (Å²) in [5.41, 5.74) is 0.789. The number of nitrogens with one attached hydrogen (secondary N) is 1. The van der Waals surface area contributed by atoms with Crippen molar-refractivity contribution in [3.63, 3.8) is 0 Å². The fourth-order valence-corrected chi connectivity index (χ4v) is 3.52. The van der Waals surface area contributed by atoms with Crippen molar-refractivity contribution in [2.24, 2.45) is 0 Å². The van der Waals surface area contributed by atoms with Gasteiger partial charge in [-0.05, 0) is 44.0 Å². The van der Waals surface area contributed by atoms with E-state index < -0.39 is 0 Å². The van der Waals surface area contributed by atoms with Gasteiger partial charge in [-0.2, -0.15) is 0 Å². The third kappa shape index (κ3) is 4.58. The Bertz CT molecular complexity index is 714. The van der Waals surface area contributed by atoms with Crippen LogP contribution in [0.1, 0.15) is 19.8 Å². The number of aromatic nitrogens is 3. The van der Waals surface area contributed by atoms with Crippen LogP contribution in [-0.2, 0) is 16.1 Å². The molecule has 2 heterocycles. The van der Waals surface area contributed by atoms with Crippen molar-refractivity contribution in [2.45, 2.75) is 37.6 Å². The van der Waals surface area contributed by atoms with Crippen molar-refractivity contribution in [3.05, 3.63) is 30.1 Å². The predicted molar refractivity (Wildman–Crippen MR) is 93.8 cm³/mol. The number of carbonyl (C=O) groups is 1. The Morgan fingerprint density at radius 3 is 2.88 bits per heavy atom. The summed E-state index contributed by atoms with van der Waals surface area (Å²) < 4.78 is 20.9. The quantitative estimate of drug-likeness (QED) is 0.765. The average Bonchev–Trinajstić information content (AvgIpc) is 3.25. The zero-order valence-electron chi connectivity index (χ0n) is 14.1. The minimum atomic E-state index is -0.292. The molecule has 6 nitrogen and oxygen atoms in total. The Balaban J connectivity index is 1.83. The first kappa shape index (κ1) is 17.9. The smallest absolute Gasteiger partial charge is 0.230 e. The van der Waals surface area contributed by atoms with Crippen LogP contribution in [0.25, 0.3) is 11.4 Å². The number of halogens is 1. The topological polar surface area (TPSA) is 69.0 Å². The lowest BCUT2D eigenvalue weighted by molar-refractivity contribution is -0.118. The third-order valence-corrected chi connectivity index (χ3v) is 4.90. The molecule has 1 amide bonds. The maximum absolute atomic E-state index is 13.2. The second-order valence-electron chi connectivity index (χ2n) is 5.80. The lowest BCUT2D eigenvalue weighted by Gasteiger charge is -2.14. The number of benzene rings is 1. The molecule has 1 fully saturated rings. The molecule has 1 aliphatic rings. The van der Waals surface area contributed by atoms with E-state index in [2.05, 4.69) is 15.5 Å². The van der Waals surface area contributed by atoms with E-state index in [9.17, 15) is 9.18 Å². The molecule has 0 saturated carbocycles. The largest absolute Gasteiger partial charge is 0.376 e. The minimum absolute atomic E-state index is 0.0394. The molecule has 1 saturated heterocycles. The van der Waals surface area contributed by atoms with E-state index in [1.807, 2.05) is 11.5 Å². The fourth-order valence-electron chi connectivity index (χ4n) is 2.74. The van der Waals surface area contributed by atoms with Crippen LogP contribution in [-0.4, -0.2) is 45.7 Å². The van der Waals surface area contributed by atoms with Gasteiger partial charge in [0.2, 0.25) is 5.91 Å². The summed E-state index contributed by atoms with van der Waals surface area (Å²) in [7, 11) is 0. The van der Waals surface area contributed by atoms with Crippen LogP contribution in [0.4, 0.5) is 4.39 Å². The van der Waals surface area contributed by atoms with Crippen LogP contribution < -0.4 is 5.32 Å². The van der Waals surface area contributed by atoms with E-state index in [1.165, 1.54) is 23.9 Å². The molecule has 0 spiro atoms. The SMILES string of the molecule is CCNC(=O)CSc1nnc(-c2ccc(F)cc2)n1CC1CCCO1. The van der Waals surface area contributed by atoms with Crippen molar-refractivity contribution < 1.29 is 13.9 Å². The van der Waals surface area contributed by atoms with Crippen molar-refractivity contribution in [2.75, 3.05) is 18.9 Å². The summed E-state index contributed by atoms with van der Waals surface area (Å²) in [4.78, 5) is 11.7. The molecule has 1 aromatic carbocycles. The Hall–Kier alpha value is -1.93. The summed E-state index contributed by atoms with van der Waals surface area (Å²) in [6, 6.07) is 6.18. The number of nitrogens with zero attached hydrogens (tertiary/aromatic N) is 3. The molecule has 3 rings (SSSR count). The molecule has 1 aliphatic heterocycles. The van der Waals surface area contributed by atoms with Crippen LogP contribution in [0.3, 0.4) is 0 Å². The molecule has 0 radical (unpaired) electrons. The normalized spacial score (nSPS) is 17.0. The summed E-state index contributed by atoms with van der Waals surface area (Å²) in [5, 5.41) is 11.9. The Labute approximate surface area is 150 Å². The Morgan fingerprint density at radius 2 is 2.20 bits per heavy atom. The maximum atomic E-state index is 13.2. The van der Waals surface area contributed by atoms with Crippen LogP contribution >= 0.6 is 11.8 Å². The highest BCUT2D eigenvalue weighted by Crippen LogP contribution is 2.26. The van der Waals surface area contributed by atoms with Gasteiger partial charge in [0.25, 0.3) is 0 Å². The first-order valence-electron chi connectivity index (χ1n) is 8.37. The number of carbonyl (C=O) groups excluding carboxylic acids is 1. The summed E-state index contributed by atoms with van der Waals surface area (Å²) in [5.74, 6) is 0.608. The van der Waals surface area contributed by atoms with Gasteiger partial charge in [0.05, 0.1) is 18.4 Å². The maximum Gasteiger partial charge on any atom is 0.230 e. The molecule has 1 aromatic heterocycles. The van der Waals surface area contributed by atoms with Gasteiger partial charge < -0.3 is 10.1 Å². The van der Waals surface area contributed by atoms with Crippen molar-refractivity contribution in [1.29, 1.82) is 0 Å². The van der Waals surface area contributed by atoms with Crippen molar-refractivity contribution in [1.82, 2.24) is 20.1 Å². The number of hydrogen-bond donors (Lipinski definition) is 1. The van der Waals surface area contributed by atoms with Gasteiger partial charge in [-0.25, -0.2) is 4.39 Å². The van der Waals surface area contributed by atoms with Gasteiger partial charge in [0.1, 0.15) is 5.82 Å². The summed E-state index contributed by atoms with van der Waals surface area (Å²) >= 11 is 1.34. The molecule has 1 atom stereocenters. The van der Waals surface area contributed by atoms with E-state index in [-0.39, 0.29) is 23.6 Å². The standard InChI is InChI=1S/C17H21FN4O2S/c1-2-19-15(23)11-25-17-21-20-16(12-5-7-13(18)8-6-12)22(17)10-14-4-3-9-24-14/h5-8,14H,2-4,9-11H2,1H3,(H,19,23). The fraction of sp³-hybridized carbons (Fsp3) is 0.471. The van der Waals surface area contributed by atoms with Crippen LogP contribution in [0.2, 0.25) is 0 Å². The van der Waals surface area contributed by atoms with Crippen LogP contribution in [0, 0.1) is 5.82 Å². The number of amides is 1. The number of rotatable bonds is 7. The molecule has 0 aliphatic carbocycles. The molecule has 2 aromatic rings. The molecular formula is C17H21FN4O2S. The van der Waals surface area contributed by atoms with Crippen LogP contribution in [0.15, 0.2) is 29.4 Å². The Morgan fingerprint density at radius 1 is 1.40 bits per heavy atom. The highest BCUT2D eigenvalue weighted by atomic mass is 32.2. The number of thioether (sulfide) groups is 1. The number of hydrogen-bond acceptors (Lipinski definition) is 5. The first-order valence-corrected chi connectivity index (χ1v) is 9.36. The summed E-state index contributed by atoms with van der Waals surface area (Å²) in [6.07, 6.45) is 2.14. The molecule has 0 bridgehead atoms. The first-order chi connectivity index (χ1) is 12.2. The lowest BCUT2D eigenvalue weighted by atomic mass is 10.2. The number of ether oxygens (including phenoxy) is 1. The van der Waals surface area contributed by atoms with E-state index in [0.29, 0.717) is 24.1 Å². The van der Waals surface area contributed by atoms with E-state index >= 15 is 0 Å². The second kappa shape index (κ2) is 8.44. The monoisotopic (exact) mass is 364 g/mol. The van der Waals surface area contributed by atoms with Gasteiger partial charge in [0.15, 0.2) is 11.0 Å². The van der Waals surface area contributed by atoms with Crippen molar-refractivity contribution in [3.8, 4) is 11.4 Å². The average molecular weight is 364 g/mol. The molecule has 1 N–H and O–H groups in total. The Kier molecular flexibility index (Phi) is 6.04.